The van der Waals surface area contributed by atoms with Gasteiger partial charge >= 0.3 is 0 Å². The van der Waals surface area contributed by atoms with Crippen molar-refractivity contribution in [2.45, 2.75) is 25.3 Å². The topological polar surface area (TPSA) is 47.6 Å². The van der Waals surface area contributed by atoms with E-state index in [-0.39, 0.29) is 5.91 Å². The van der Waals surface area contributed by atoms with Crippen LogP contribution in [-0.4, -0.2) is 74.6 Å². The number of hydrogen-bond donors (Lipinski definition) is 2. The van der Waals surface area contributed by atoms with Crippen LogP contribution in [0.3, 0.4) is 0 Å². The van der Waals surface area contributed by atoms with Crippen molar-refractivity contribution in [3.8, 4) is 0 Å². The fraction of sp³-hybridized carbons (Fsp3) is 0.923. The number of nitrogens with one attached hydrogen (secondary N) is 2. The van der Waals surface area contributed by atoms with Crippen molar-refractivity contribution in [3.63, 3.8) is 0 Å². The fourth-order valence-corrected chi connectivity index (χ4v) is 2.16. The average Bonchev–Trinajstić information content (AvgIpc) is 3.15. The molecule has 104 valence electrons. The van der Waals surface area contributed by atoms with Gasteiger partial charge in [0.05, 0.1) is 0 Å². The second-order valence-electron chi connectivity index (χ2n) is 5.49. The largest absolute Gasteiger partial charge is 0.353 e. The van der Waals surface area contributed by atoms with Crippen LogP contribution in [0.15, 0.2) is 0 Å². The molecule has 1 aliphatic carbocycles. The van der Waals surface area contributed by atoms with Crippen LogP contribution in [0.5, 0.6) is 0 Å². The summed E-state index contributed by atoms with van der Waals surface area (Å²) in [6.45, 7) is 7.55. The molecule has 18 heavy (non-hydrogen) atoms. The van der Waals surface area contributed by atoms with Gasteiger partial charge in [0.2, 0.25) is 5.91 Å². The summed E-state index contributed by atoms with van der Waals surface area (Å²) >= 11 is 0. The second kappa shape index (κ2) is 7.07. The molecular weight excluding hydrogens is 228 g/mol. The second-order valence-corrected chi connectivity index (χ2v) is 5.49. The van der Waals surface area contributed by atoms with Crippen molar-refractivity contribution in [1.29, 1.82) is 0 Å². The Kier molecular flexibility index (Phi) is 5.41. The van der Waals surface area contributed by atoms with Gasteiger partial charge in [0.1, 0.15) is 0 Å². The molecule has 1 saturated carbocycles. The first-order valence-corrected chi connectivity index (χ1v) is 7.15. The predicted molar refractivity (Wildman–Crippen MR) is 72.6 cm³/mol. The molecule has 0 unspecified atom stereocenters. The summed E-state index contributed by atoms with van der Waals surface area (Å²) in [7, 11) is 2.17. The van der Waals surface area contributed by atoms with Crippen molar-refractivity contribution in [3.05, 3.63) is 0 Å². The maximum atomic E-state index is 11.4. The van der Waals surface area contributed by atoms with Crippen LogP contribution in [0, 0.1) is 0 Å². The monoisotopic (exact) mass is 254 g/mol. The number of amides is 1. The Hall–Kier alpha value is -0.650. The number of rotatable bonds is 7. The molecule has 2 N–H and O–H groups in total. The van der Waals surface area contributed by atoms with E-state index in [0.717, 1.165) is 19.6 Å². The van der Waals surface area contributed by atoms with Gasteiger partial charge in [-0.3, -0.25) is 9.69 Å². The minimum atomic E-state index is 0.199. The van der Waals surface area contributed by atoms with E-state index in [1.807, 2.05) is 0 Å². The van der Waals surface area contributed by atoms with Crippen LogP contribution >= 0.6 is 0 Å². The van der Waals surface area contributed by atoms with Crippen molar-refractivity contribution >= 4 is 5.91 Å². The van der Waals surface area contributed by atoms with Crippen LogP contribution in [0.1, 0.15) is 19.3 Å². The van der Waals surface area contributed by atoms with Crippen molar-refractivity contribution in [1.82, 2.24) is 20.4 Å². The molecule has 0 bridgehead atoms. The van der Waals surface area contributed by atoms with E-state index < -0.39 is 0 Å². The predicted octanol–water partition coefficient (Wildman–Crippen LogP) is -0.508. The van der Waals surface area contributed by atoms with E-state index in [1.54, 1.807) is 0 Å². The van der Waals surface area contributed by atoms with Crippen LogP contribution in [0.4, 0.5) is 0 Å². The standard InChI is InChI=1S/C13H26N4O/c1-16-8-10-17(11-9-16)7-6-14-5-4-13(18)15-12-2-3-12/h12,14H,2-11H2,1H3,(H,15,18). The van der Waals surface area contributed by atoms with Gasteiger partial charge in [-0.1, -0.05) is 0 Å². The van der Waals surface area contributed by atoms with Crippen LogP contribution < -0.4 is 10.6 Å². The molecule has 0 spiro atoms. The van der Waals surface area contributed by atoms with Crippen LogP contribution in [0.2, 0.25) is 0 Å². The smallest absolute Gasteiger partial charge is 0.221 e. The number of nitrogens with zero attached hydrogens (tertiary/aromatic N) is 2. The molecule has 1 aliphatic heterocycles. The van der Waals surface area contributed by atoms with E-state index >= 15 is 0 Å². The Balaban J connectivity index is 1.42. The number of carbonyl (C=O) groups is 1. The highest BCUT2D eigenvalue weighted by molar-refractivity contribution is 5.76. The van der Waals surface area contributed by atoms with E-state index in [9.17, 15) is 4.79 Å². The maximum absolute atomic E-state index is 11.4. The molecule has 0 aromatic carbocycles. The molecule has 5 nitrogen and oxygen atoms in total. The van der Waals surface area contributed by atoms with E-state index in [1.165, 1.54) is 39.0 Å². The number of likely N-dealkylation sites (N-methyl/N-ethyl adjacent to an activating group) is 1. The first-order chi connectivity index (χ1) is 8.74. The summed E-state index contributed by atoms with van der Waals surface area (Å²) in [5.41, 5.74) is 0. The zero-order valence-electron chi connectivity index (χ0n) is 11.5. The summed E-state index contributed by atoms with van der Waals surface area (Å²) in [6.07, 6.45) is 2.95. The molecule has 2 aliphatic rings. The SMILES string of the molecule is CN1CCN(CCNCCC(=O)NC2CC2)CC1. The summed E-state index contributed by atoms with van der Waals surface area (Å²) in [5, 5.41) is 6.36. The molecule has 0 atom stereocenters. The van der Waals surface area contributed by atoms with Crippen LogP contribution in [0.25, 0.3) is 0 Å². The number of hydrogen-bond acceptors (Lipinski definition) is 4. The van der Waals surface area contributed by atoms with Crippen molar-refractivity contribution in [2.24, 2.45) is 0 Å². The number of carbonyl (C=O) groups excluding carboxylic acids is 1. The summed E-state index contributed by atoms with van der Waals surface area (Å²) in [4.78, 5) is 16.3. The van der Waals surface area contributed by atoms with Gasteiger partial charge in [0, 0.05) is 58.3 Å². The molecule has 1 heterocycles. The molecule has 0 radical (unpaired) electrons. The Bertz CT molecular complexity index is 260. The van der Waals surface area contributed by atoms with Gasteiger partial charge in [0.25, 0.3) is 0 Å². The van der Waals surface area contributed by atoms with Gasteiger partial charge in [-0.25, -0.2) is 0 Å². The van der Waals surface area contributed by atoms with Crippen LogP contribution in [-0.2, 0) is 4.79 Å². The molecule has 1 amide bonds. The molecule has 0 aromatic rings. The molecular formula is C13H26N4O. The van der Waals surface area contributed by atoms with Crippen molar-refractivity contribution < 1.29 is 4.79 Å². The third-order valence-corrected chi connectivity index (χ3v) is 3.67. The first-order valence-electron chi connectivity index (χ1n) is 7.15. The van der Waals surface area contributed by atoms with Gasteiger partial charge in [-0.2, -0.15) is 0 Å². The normalized spacial score (nSPS) is 22.1. The van der Waals surface area contributed by atoms with Gasteiger partial charge < -0.3 is 15.5 Å². The highest BCUT2D eigenvalue weighted by Gasteiger charge is 2.22. The van der Waals surface area contributed by atoms with Gasteiger partial charge in [-0.15, -0.1) is 0 Å². The zero-order valence-corrected chi connectivity index (χ0v) is 11.5. The van der Waals surface area contributed by atoms with Gasteiger partial charge in [0.15, 0.2) is 0 Å². The minimum absolute atomic E-state index is 0.199. The molecule has 0 aromatic heterocycles. The van der Waals surface area contributed by atoms with Crippen molar-refractivity contribution in [2.75, 3.05) is 52.9 Å². The highest BCUT2D eigenvalue weighted by atomic mass is 16.1. The van der Waals surface area contributed by atoms with E-state index in [0.29, 0.717) is 12.5 Å². The highest BCUT2D eigenvalue weighted by Crippen LogP contribution is 2.18. The quantitative estimate of drug-likeness (QED) is 0.601. The first kappa shape index (κ1) is 13.8. The Morgan fingerprint density at radius 2 is 1.89 bits per heavy atom. The van der Waals surface area contributed by atoms with E-state index in [2.05, 4.69) is 27.5 Å². The Morgan fingerprint density at radius 1 is 1.17 bits per heavy atom. The molecule has 1 saturated heterocycles. The number of piperazine rings is 1. The van der Waals surface area contributed by atoms with Gasteiger partial charge in [-0.05, 0) is 19.9 Å². The fourth-order valence-electron chi connectivity index (χ4n) is 2.16. The van der Waals surface area contributed by atoms with E-state index in [4.69, 9.17) is 0 Å². The maximum Gasteiger partial charge on any atom is 0.221 e. The average molecular weight is 254 g/mol. The summed E-state index contributed by atoms with van der Waals surface area (Å²) < 4.78 is 0. The Labute approximate surface area is 110 Å². The lowest BCUT2D eigenvalue weighted by Crippen LogP contribution is -2.46. The lowest BCUT2D eigenvalue weighted by Gasteiger charge is -2.32. The lowest BCUT2D eigenvalue weighted by atomic mass is 10.3. The molecule has 2 rings (SSSR count). The molecule has 2 fully saturated rings. The summed E-state index contributed by atoms with van der Waals surface area (Å²) in [5.74, 6) is 0.199. The third-order valence-electron chi connectivity index (χ3n) is 3.67. The lowest BCUT2D eigenvalue weighted by molar-refractivity contribution is -0.121. The molecule has 5 heteroatoms. The zero-order chi connectivity index (χ0) is 12.8. The third kappa shape index (κ3) is 5.33. The summed E-state index contributed by atoms with van der Waals surface area (Å²) in [6, 6.07) is 0.489. The Morgan fingerprint density at radius 3 is 2.56 bits per heavy atom. The minimum Gasteiger partial charge on any atom is -0.353 e.